The van der Waals surface area contributed by atoms with Crippen molar-refractivity contribution < 1.29 is 14.6 Å². The van der Waals surface area contributed by atoms with E-state index in [1.54, 1.807) is 27.7 Å². The number of amides is 1. The fourth-order valence-corrected chi connectivity index (χ4v) is 2.58. The summed E-state index contributed by atoms with van der Waals surface area (Å²) in [7, 11) is 0. The molecule has 6 heteroatoms. The molecule has 1 aromatic carbocycles. The van der Waals surface area contributed by atoms with E-state index in [1.807, 2.05) is 30.3 Å². The Kier molecular flexibility index (Phi) is 7.20. The second-order valence-electron chi connectivity index (χ2n) is 6.88. The number of nitrogens with two attached hydrogens (primary N) is 1. The average Bonchev–Trinajstić information content (AvgIpc) is 2.46. The van der Waals surface area contributed by atoms with Gasteiger partial charge in [0.25, 0.3) is 0 Å². The van der Waals surface area contributed by atoms with E-state index in [0.29, 0.717) is 0 Å². The molecule has 0 saturated carbocycles. The Morgan fingerprint density at radius 3 is 2.42 bits per heavy atom. The van der Waals surface area contributed by atoms with Crippen LogP contribution in [0.5, 0.6) is 0 Å². The largest absolute Gasteiger partial charge is 0.444 e. The number of benzene rings is 1. The summed E-state index contributed by atoms with van der Waals surface area (Å²) >= 11 is 0. The highest BCUT2D eigenvalue weighted by Gasteiger charge is 2.34. The van der Waals surface area contributed by atoms with Gasteiger partial charge in [-0.05, 0) is 33.3 Å². The molecule has 0 saturated heterocycles. The molecule has 1 amide bonds. The molecule has 4 N–H and O–H groups in total. The number of aliphatic hydroxyl groups excluding tert-OH is 1. The summed E-state index contributed by atoms with van der Waals surface area (Å²) in [6, 6.07) is 10.2. The lowest BCUT2D eigenvalue weighted by atomic mass is 9.82. The first-order chi connectivity index (χ1) is 11.2. The molecule has 1 aromatic rings. The van der Waals surface area contributed by atoms with Crippen molar-refractivity contribution in [2.45, 2.75) is 63.8 Å². The van der Waals surface area contributed by atoms with Gasteiger partial charge < -0.3 is 20.9 Å². The van der Waals surface area contributed by atoms with E-state index in [-0.39, 0.29) is 6.42 Å². The third-order valence-corrected chi connectivity index (χ3v) is 3.56. The average molecular weight is 333 g/mol. The van der Waals surface area contributed by atoms with Gasteiger partial charge in [-0.15, -0.1) is 0 Å². The maximum atomic E-state index is 12.1. The van der Waals surface area contributed by atoms with Crippen LogP contribution in [0, 0.1) is 11.3 Å². The fourth-order valence-electron chi connectivity index (χ4n) is 2.58. The maximum Gasteiger partial charge on any atom is 0.407 e. The molecule has 0 aliphatic carbocycles. The first-order valence-corrected chi connectivity index (χ1v) is 8.00. The van der Waals surface area contributed by atoms with Crippen molar-refractivity contribution in [2.75, 3.05) is 0 Å². The van der Waals surface area contributed by atoms with Gasteiger partial charge in [-0.2, -0.15) is 5.26 Å². The molecule has 0 radical (unpaired) electrons. The van der Waals surface area contributed by atoms with Gasteiger partial charge in [-0.25, -0.2) is 4.79 Å². The molecule has 6 nitrogen and oxygen atoms in total. The van der Waals surface area contributed by atoms with E-state index in [0.717, 1.165) is 5.56 Å². The normalized spacial score (nSPS) is 16.4. The van der Waals surface area contributed by atoms with Crippen LogP contribution < -0.4 is 11.1 Å². The lowest BCUT2D eigenvalue weighted by molar-refractivity contribution is 0.0406. The molecule has 1 rings (SSSR count). The number of hydrogen-bond donors (Lipinski definition) is 3. The molecule has 0 bridgehead atoms. The topological polar surface area (TPSA) is 108 Å². The van der Waals surface area contributed by atoms with Gasteiger partial charge in [0.2, 0.25) is 0 Å². The highest BCUT2D eigenvalue weighted by Crippen LogP contribution is 2.26. The quantitative estimate of drug-likeness (QED) is 0.740. The summed E-state index contributed by atoms with van der Waals surface area (Å²) < 4.78 is 5.28. The summed E-state index contributed by atoms with van der Waals surface area (Å²) in [6.45, 7) is 6.87. The molecule has 0 aliphatic heterocycles. The molecule has 4 atom stereocenters. The van der Waals surface area contributed by atoms with Crippen molar-refractivity contribution in [3.8, 4) is 6.07 Å². The lowest BCUT2D eigenvalue weighted by Crippen LogP contribution is -2.52. The fraction of sp³-hybridized carbons (Fsp3) is 0.556. The van der Waals surface area contributed by atoms with Crippen LogP contribution in [0.3, 0.4) is 0 Å². The van der Waals surface area contributed by atoms with E-state index >= 15 is 0 Å². The molecule has 2 unspecified atom stereocenters. The number of nitrogens with one attached hydrogen (secondary N) is 1. The van der Waals surface area contributed by atoms with Crippen LogP contribution in [0.4, 0.5) is 4.79 Å². The van der Waals surface area contributed by atoms with Crippen molar-refractivity contribution in [1.29, 1.82) is 5.26 Å². The number of hydrogen-bond acceptors (Lipinski definition) is 5. The number of rotatable bonds is 6. The first-order valence-electron chi connectivity index (χ1n) is 8.00. The minimum Gasteiger partial charge on any atom is -0.444 e. The molecule has 0 spiro atoms. The monoisotopic (exact) mass is 333 g/mol. The van der Waals surface area contributed by atoms with E-state index in [2.05, 4.69) is 11.4 Å². The van der Waals surface area contributed by atoms with Gasteiger partial charge in [-0.3, -0.25) is 0 Å². The molecule has 0 aromatic heterocycles. The van der Waals surface area contributed by atoms with Crippen LogP contribution in [0.15, 0.2) is 30.3 Å². The minimum atomic E-state index is -0.868. The first kappa shape index (κ1) is 19.9. The molecule has 24 heavy (non-hydrogen) atoms. The van der Waals surface area contributed by atoms with Gasteiger partial charge in [0.15, 0.2) is 0 Å². The second-order valence-corrected chi connectivity index (χ2v) is 6.88. The van der Waals surface area contributed by atoms with Gasteiger partial charge in [-0.1, -0.05) is 30.3 Å². The van der Waals surface area contributed by atoms with Crippen LogP contribution in [0.2, 0.25) is 0 Å². The molecule has 0 fully saturated rings. The zero-order valence-electron chi connectivity index (χ0n) is 14.7. The Morgan fingerprint density at radius 1 is 1.38 bits per heavy atom. The van der Waals surface area contributed by atoms with E-state index in [9.17, 15) is 9.90 Å². The Hall–Kier alpha value is -2.10. The summed E-state index contributed by atoms with van der Waals surface area (Å²) in [4.78, 5) is 12.1. The van der Waals surface area contributed by atoms with Crippen molar-refractivity contribution in [2.24, 2.45) is 5.73 Å². The summed E-state index contributed by atoms with van der Waals surface area (Å²) in [6.07, 6.45) is -1.38. The third kappa shape index (κ3) is 6.19. The number of aliphatic hydroxyl groups is 1. The Labute approximate surface area is 143 Å². The lowest BCUT2D eigenvalue weighted by Gasteiger charge is -2.34. The number of nitriles is 1. The number of nitrogens with zero attached hydrogens (tertiary/aromatic N) is 1. The standard InChI is InChI=1S/C18H27N3O3/c1-12(22)16(21-17(23)24-18(2,3)4)15(14(20)10-11-19)13-8-6-5-7-9-13/h5-9,12,14-16,22H,10,20H2,1-4H3,(H,21,23)/t12-,14?,15?,16-/m1/s1. The summed E-state index contributed by atoms with van der Waals surface area (Å²) in [5, 5.41) is 21.9. The molecule has 0 aliphatic rings. The molecule has 0 heterocycles. The van der Waals surface area contributed by atoms with Gasteiger partial charge in [0, 0.05) is 12.0 Å². The minimum absolute atomic E-state index is 0.110. The van der Waals surface area contributed by atoms with Crippen molar-refractivity contribution in [3.63, 3.8) is 0 Å². The Bertz CT molecular complexity index is 561. The summed E-state index contributed by atoms with van der Waals surface area (Å²) in [5.41, 5.74) is 6.38. The molecular formula is C18H27N3O3. The predicted octanol–water partition coefficient (Wildman–Crippen LogP) is 2.29. The van der Waals surface area contributed by atoms with Crippen molar-refractivity contribution in [1.82, 2.24) is 5.32 Å². The second kappa shape index (κ2) is 8.67. The smallest absolute Gasteiger partial charge is 0.407 e. The van der Waals surface area contributed by atoms with E-state index in [1.165, 1.54) is 0 Å². The SMILES string of the molecule is C[C@@H](O)[C@@H](NC(=O)OC(C)(C)C)C(c1ccccc1)C(N)CC#N. The Morgan fingerprint density at radius 2 is 1.96 bits per heavy atom. The van der Waals surface area contributed by atoms with Crippen LogP contribution in [-0.2, 0) is 4.74 Å². The van der Waals surface area contributed by atoms with Crippen LogP contribution in [-0.4, -0.2) is 35.0 Å². The number of alkyl carbamates (subject to hydrolysis) is 1. The van der Waals surface area contributed by atoms with Crippen LogP contribution in [0.25, 0.3) is 0 Å². The zero-order valence-corrected chi connectivity index (χ0v) is 14.7. The summed E-state index contributed by atoms with van der Waals surface area (Å²) in [5.74, 6) is -0.418. The van der Waals surface area contributed by atoms with Crippen LogP contribution >= 0.6 is 0 Å². The van der Waals surface area contributed by atoms with Gasteiger partial charge >= 0.3 is 6.09 Å². The Balaban J connectivity index is 3.10. The van der Waals surface area contributed by atoms with E-state index < -0.39 is 35.8 Å². The van der Waals surface area contributed by atoms with Crippen molar-refractivity contribution >= 4 is 6.09 Å². The highest BCUT2D eigenvalue weighted by atomic mass is 16.6. The van der Waals surface area contributed by atoms with E-state index in [4.69, 9.17) is 15.7 Å². The predicted molar refractivity (Wildman–Crippen MR) is 92.2 cm³/mol. The van der Waals surface area contributed by atoms with Crippen LogP contribution in [0.1, 0.15) is 45.6 Å². The number of ether oxygens (including phenoxy) is 1. The number of carbonyl (C=O) groups excluding carboxylic acids is 1. The van der Waals surface area contributed by atoms with Gasteiger partial charge in [0.05, 0.1) is 24.6 Å². The number of carbonyl (C=O) groups is 1. The molecular weight excluding hydrogens is 306 g/mol. The maximum absolute atomic E-state index is 12.1. The zero-order chi connectivity index (χ0) is 18.3. The third-order valence-electron chi connectivity index (χ3n) is 3.56. The van der Waals surface area contributed by atoms with Gasteiger partial charge in [0.1, 0.15) is 5.60 Å². The highest BCUT2D eigenvalue weighted by molar-refractivity contribution is 5.68. The molecule has 132 valence electrons. The van der Waals surface area contributed by atoms with Crippen molar-refractivity contribution in [3.05, 3.63) is 35.9 Å².